The van der Waals surface area contributed by atoms with Gasteiger partial charge in [-0.3, -0.25) is 9.69 Å². The van der Waals surface area contributed by atoms with Gasteiger partial charge in [0.05, 0.1) is 48.5 Å². The zero-order valence-electron chi connectivity index (χ0n) is 33.3. The number of ether oxygens (including phenoxy) is 3. The van der Waals surface area contributed by atoms with Crippen molar-refractivity contribution in [1.29, 1.82) is 0 Å². The van der Waals surface area contributed by atoms with Gasteiger partial charge in [-0.1, -0.05) is 92.7 Å². The molecule has 13 heteroatoms. The van der Waals surface area contributed by atoms with E-state index < -0.39 is 12.1 Å². The summed E-state index contributed by atoms with van der Waals surface area (Å²) in [6.07, 6.45) is 7.61. The van der Waals surface area contributed by atoms with Crippen molar-refractivity contribution in [3.8, 4) is 33.6 Å². The Kier molecular flexibility index (Phi) is 11.3. The van der Waals surface area contributed by atoms with Gasteiger partial charge in [0.2, 0.25) is 5.91 Å². The van der Waals surface area contributed by atoms with Gasteiger partial charge in [-0.15, -0.1) is 0 Å². The number of carbonyl (C=O) groups is 3. The number of hydrogen-bond acceptors (Lipinski definition) is 8. The number of aromatic amines is 2. The molecule has 5 heterocycles. The lowest BCUT2D eigenvalue weighted by molar-refractivity contribution is -0.135. The van der Waals surface area contributed by atoms with E-state index in [4.69, 9.17) is 19.2 Å². The standard InChI is InChI=1S/C45H51N7O6/c1-29(2)39(50-43(54)56-3)42(53)51-23-7-10-37(51)40-46-26-35(48-40)33-15-11-31(12-16-33)32-13-17-34(18-14-32)36-27-47-41(49-36)38-19-20-45(21-24-57-25-22-45)52(38)44(55)58-28-30-8-5-4-6-9-30/h4-6,8-9,11-18,26-27,29,37-39H,7,10,19-25,28H2,1-3H3,(H,46,48)(H,47,49)(H,50,54)/t37-,38?,39-/m0/s1. The van der Waals surface area contributed by atoms with Crippen molar-refractivity contribution in [2.24, 2.45) is 5.92 Å². The molecule has 3 N–H and O–H groups in total. The summed E-state index contributed by atoms with van der Waals surface area (Å²) in [5, 5.41) is 2.70. The molecular formula is C45H51N7O6. The zero-order chi connectivity index (χ0) is 40.2. The molecule has 302 valence electrons. The first-order valence-corrected chi connectivity index (χ1v) is 20.3. The number of hydrogen-bond donors (Lipinski definition) is 3. The number of methoxy groups -OCH3 is 1. The van der Waals surface area contributed by atoms with Crippen LogP contribution in [-0.2, 0) is 25.6 Å². The van der Waals surface area contributed by atoms with Crippen LogP contribution in [0.3, 0.4) is 0 Å². The van der Waals surface area contributed by atoms with Crippen LogP contribution in [0, 0.1) is 5.92 Å². The highest BCUT2D eigenvalue weighted by Gasteiger charge is 2.51. The molecule has 2 aromatic heterocycles. The fourth-order valence-electron chi connectivity index (χ4n) is 8.78. The van der Waals surface area contributed by atoms with Crippen molar-refractivity contribution in [3.63, 3.8) is 0 Å². The minimum Gasteiger partial charge on any atom is -0.453 e. The van der Waals surface area contributed by atoms with Gasteiger partial charge >= 0.3 is 12.2 Å². The van der Waals surface area contributed by atoms with Crippen LogP contribution in [0.1, 0.15) is 81.7 Å². The summed E-state index contributed by atoms with van der Waals surface area (Å²) in [4.78, 5) is 59.6. The fourth-order valence-corrected chi connectivity index (χ4v) is 8.78. The number of imidazole rings is 2. The number of alkyl carbamates (subject to hydrolysis) is 1. The van der Waals surface area contributed by atoms with Gasteiger partial charge in [0.25, 0.3) is 0 Å². The summed E-state index contributed by atoms with van der Waals surface area (Å²) < 4.78 is 16.4. The van der Waals surface area contributed by atoms with Crippen molar-refractivity contribution < 1.29 is 28.6 Å². The number of H-pyrrole nitrogens is 2. The van der Waals surface area contributed by atoms with Crippen LogP contribution >= 0.6 is 0 Å². The molecule has 5 aromatic rings. The van der Waals surface area contributed by atoms with E-state index in [1.54, 1.807) is 0 Å². The fraction of sp³-hybridized carbons (Fsp3) is 0.400. The average molecular weight is 786 g/mol. The molecule has 3 saturated heterocycles. The normalized spacial score (nSPS) is 19.4. The van der Waals surface area contributed by atoms with Crippen molar-refractivity contribution in [2.75, 3.05) is 26.9 Å². The van der Waals surface area contributed by atoms with E-state index in [1.165, 1.54) is 7.11 Å². The summed E-state index contributed by atoms with van der Waals surface area (Å²) in [7, 11) is 1.29. The number of rotatable bonds is 10. The van der Waals surface area contributed by atoms with Crippen LogP contribution in [0.25, 0.3) is 33.6 Å². The van der Waals surface area contributed by atoms with Gasteiger partial charge in [0.15, 0.2) is 0 Å². The first kappa shape index (κ1) is 38.9. The molecule has 3 aliphatic heterocycles. The third kappa shape index (κ3) is 7.95. The molecule has 0 aliphatic carbocycles. The second kappa shape index (κ2) is 16.9. The van der Waals surface area contributed by atoms with E-state index in [2.05, 4.69) is 68.8 Å². The highest BCUT2D eigenvalue weighted by Crippen LogP contribution is 2.47. The number of nitrogens with zero attached hydrogens (tertiary/aromatic N) is 4. The minimum absolute atomic E-state index is 0.101. The van der Waals surface area contributed by atoms with Gasteiger partial charge in [0, 0.05) is 19.8 Å². The van der Waals surface area contributed by atoms with Crippen LogP contribution in [0.2, 0.25) is 0 Å². The Hall–Kier alpha value is -5.95. The third-order valence-electron chi connectivity index (χ3n) is 12.0. The van der Waals surface area contributed by atoms with Crippen LogP contribution < -0.4 is 5.32 Å². The van der Waals surface area contributed by atoms with E-state index in [0.717, 1.165) is 89.4 Å². The Bertz CT molecular complexity index is 2190. The SMILES string of the molecule is COC(=O)N[C@H](C(=O)N1CCC[C@H]1c1ncc(-c2ccc(-c3ccc(-c4cnc(C5CCC6(CCOCC6)N5C(=O)OCc5ccccc5)[nH]4)cc3)cc2)[nH]1)C(C)C. The number of nitrogens with one attached hydrogen (secondary N) is 3. The van der Waals surface area contributed by atoms with Gasteiger partial charge < -0.3 is 34.4 Å². The van der Waals surface area contributed by atoms with Gasteiger partial charge in [-0.05, 0) is 72.3 Å². The molecule has 1 unspecified atom stereocenters. The molecule has 3 aliphatic rings. The maximum absolute atomic E-state index is 13.8. The first-order chi connectivity index (χ1) is 28.2. The summed E-state index contributed by atoms with van der Waals surface area (Å²) in [6.45, 7) is 5.88. The lowest BCUT2D eigenvalue weighted by Crippen LogP contribution is -2.51. The van der Waals surface area contributed by atoms with Crippen LogP contribution in [0.4, 0.5) is 9.59 Å². The van der Waals surface area contributed by atoms with Crippen LogP contribution in [0.15, 0.2) is 91.3 Å². The second-order valence-corrected chi connectivity index (χ2v) is 15.9. The lowest BCUT2D eigenvalue weighted by Gasteiger charge is -2.42. The topological polar surface area (TPSA) is 155 Å². The quantitative estimate of drug-likeness (QED) is 0.128. The van der Waals surface area contributed by atoms with Gasteiger partial charge in [-0.2, -0.15) is 0 Å². The Labute approximate surface area is 338 Å². The first-order valence-electron chi connectivity index (χ1n) is 20.3. The molecule has 58 heavy (non-hydrogen) atoms. The highest BCUT2D eigenvalue weighted by atomic mass is 16.6. The second-order valence-electron chi connectivity index (χ2n) is 15.9. The van der Waals surface area contributed by atoms with Crippen molar-refractivity contribution in [1.82, 2.24) is 35.1 Å². The smallest absolute Gasteiger partial charge is 0.411 e. The molecule has 0 radical (unpaired) electrons. The van der Waals surface area contributed by atoms with E-state index in [1.807, 2.05) is 66.4 Å². The number of amides is 3. The monoisotopic (exact) mass is 785 g/mol. The van der Waals surface area contributed by atoms with E-state index >= 15 is 0 Å². The minimum atomic E-state index is -0.683. The molecular weight excluding hydrogens is 735 g/mol. The zero-order valence-corrected chi connectivity index (χ0v) is 33.3. The number of likely N-dealkylation sites (tertiary alicyclic amines) is 2. The molecule has 1 spiro atoms. The summed E-state index contributed by atoms with van der Waals surface area (Å²) >= 11 is 0. The van der Waals surface area contributed by atoms with E-state index in [-0.39, 0.29) is 42.1 Å². The lowest BCUT2D eigenvalue weighted by atomic mass is 9.87. The maximum Gasteiger partial charge on any atom is 0.411 e. The van der Waals surface area contributed by atoms with Crippen molar-refractivity contribution in [2.45, 2.75) is 82.6 Å². The van der Waals surface area contributed by atoms with Crippen LogP contribution in [0.5, 0.6) is 0 Å². The summed E-state index contributed by atoms with van der Waals surface area (Å²) in [5.41, 5.74) is 6.54. The molecule has 8 rings (SSSR count). The Morgan fingerprint density at radius 2 is 1.40 bits per heavy atom. The van der Waals surface area contributed by atoms with Crippen molar-refractivity contribution >= 4 is 18.1 Å². The maximum atomic E-state index is 13.8. The van der Waals surface area contributed by atoms with Crippen LogP contribution in [-0.4, -0.2) is 86.3 Å². The Morgan fingerprint density at radius 3 is 1.98 bits per heavy atom. The number of aromatic nitrogens is 4. The highest BCUT2D eigenvalue weighted by molar-refractivity contribution is 5.86. The molecule has 3 amide bonds. The molecule has 3 aromatic carbocycles. The van der Waals surface area contributed by atoms with E-state index in [0.29, 0.717) is 19.8 Å². The Morgan fingerprint density at radius 1 is 0.810 bits per heavy atom. The van der Waals surface area contributed by atoms with Gasteiger partial charge in [-0.25, -0.2) is 19.6 Å². The molecule has 3 atom stereocenters. The molecule has 13 nitrogen and oxygen atoms in total. The average Bonchev–Trinajstić information content (AvgIpc) is 4.09. The van der Waals surface area contributed by atoms with Gasteiger partial charge in [0.1, 0.15) is 24.3 Å². The largest absolute Gasteiger partial charge is 0.453 e. The van der Waals surface area contributed by atoms with E-state index in [9.17, 15) is 14.4 Å². The molecule has 3 fully saturated rings. The predicted octanol–water partition coefficient (Wildman–Crippen LogP) is 8.20. The summed E-state index contributed by atoms with van der Waals surface area (Å²) in [5.74, 6) is 1.26. The molecule has 0 saturated carbocycles. The number of carbonyl (C=O) groups excluding carboxylic acids is 3. The number of benzene rings is 3. The van der Waals surface area contributed by atoms with Crippen molar-refractivity contribution in [3.05, 3.63) is 108 Å². The third-order valence-corrected chi connectivity index (χ3v) is 12.0. The predicted molar refractivity (Wildman–Crippen MR) is 218 cm³/mol. The summed E-state index contributed by atoms with van der Waals surface area (Å²) in [6, 6.07) is 25.4. The Balaban J connectivity index is 0.932. The molecule has 0 bridgehead atoms.